The predicted molar refractivity (Wildman–Crippen MR) is 96.8 cm³/mol. The van der Waals surface area contributed by atoms with Gasteiger partial charge in [0.15, 0.2) is 5.82 Å². The first-order chi connectivity index (χ1) is 12.3. The molecule has 130 valence electrons. The van der Waals surface area contributed by atoms with E-state index < -0.39 is 0 Å². The molecule has 0 aliphatic heterocycles. The van der Waals surface area contributed by atoms with E-state index in [0.717, 1.165) is 66.9 Å². The lowest BCUT2D eigenvalue weighted by Crippen LogP contribution is -2.13. The van der Waals surface area contributed by atoms with Gasteiger partial charge in [0.1, 0.15) is 5.00 Å². The molecule has 0 spiro atoms. The highest BCUT2D eigenvalue weighted by Crippen LogP contribution is 2.45. The quantitative estimate of drug-likeness (QED) is 0.870. The number of carbonyl (C=O) groups excluding carboxylic acids is 1. The zero-order valence-electron chi connectivity index (χ0n) is 14.1. The fourth-order valence-corrected chi connectivity index (χ4v) is 5.06. The van der Waals surface area contributed by atoms with Gasteiger partial charge >= 0.3 is 0 Å². The largest absolute Gasteiger partial charge is 0.334 e. The van der Waals surface area contributed by atoms with Crippen LogP contribution in [0.2, 0.25) is 0 Å². The molecular formula is C19H21N3O2S. The third-order valence-electron chi connectivity index (χ3n) is 5.33. The molecule has 1 fully saturated rings. The van der Waals surface area contributed by atoms with Crippen molar-refractivity contribution in [3.05, 3.63) is 27.9 Å². The van der Waals surface area contributed by atoms with Crippen molar-refractivity contribution < 1.29 is 9.32 Å². The van der Waals surface area contributed by atoms with E-state index in [1.54, 1.807) is 11.3 Å². The lowest BCUT2D eigenvalue weighted by Gasteiger charge is -2.11. The Labute approximate surface area is 150 Å². The number of aryl methyl sites for hydroxylation is 1. The van der Waals surface area contributed by atoms with Gasteiger partial charge in [-0.1, -0.05) is 11.2 Å². The first kappa shape index (κ1) is 15.3. The maximum atomic E-state index is 12.6. The Bertz CT molecular complexity index is 860. The van der Waals surface area contributed by atoms with E-state index >= 15 is 0 Å². The number of hydrogen-bond donors (Lipinski definition) is 1. The molecule has 2 heterocycles. The molecule has 5 rings (SSSR count). The van der Waals surface area contributed by atoms with Crippen molar-refractivity contribution in [3.8, 4) is 11.5 Å². The van der Waals surface area contributed by atoms with Gasteiger partial charge < -0.3 is 9.84 Å². The molecule has 2 aromatic heterocycles. The van der Waals surface area contributed by atoms with Crippen molar-refractivity contribution in [2.24, 2.45) is 0 Å². The standard InChI is InChI=1S/C19H21N3O2S/c23-17(12-5-1-2-6-12)21-19-15(13-7-3-4-8-14(13)25-19)18-20-16(22-24-18)11-9-10-11/h5,11H,1-4,6-10H2,(H,21,23). The topological polar surface area (TPSA) is 68.0 Å². The second kappa shape index (κ2) is 6.09. The molecule has 3 aliphatic rings. The van der Waals surface area contributed by atoms with Crippen LogP contribution < -0.4 is 5.32 Å². The van der Waals surface area contributed by atoms with Crippen LogP contribution in [-0.2, 0) is 17.6 Å². The summed E-state index contributed by atoms with van der Waals surface area (Å²) < 4.78 is 5.60. The van der Waals surface area contributed by atoms with E-state index in [-0.39, 0.29) is 5.91 Å². The Kier molecular flexibility index (Phi) is 3.73. The Morgan fingerprint density at radius 3 is 2.88 bits per heavy atom. The summed E-state index contributed by atoms with van der Waals surface area (Å²) >= 11 is 1.69. The number of allylic oxidation sites excluding steroid dienone is 1. The first-order valence-electron chi connectivity index (χ1n) is 9.28. The number of anilines is 1. The van der Waals surface area contributed by atoms with Gasteiger partial charge in [-0.3, -0.25) is 4.79 Å². The Morgan fingerprint density at radius 2 is 2.08 bits per heavy atom. The number of fused-ring (bicyclic) bond motifs is 1. The van der Waals surface area contributed by atoms with E-state index in [0.29, 0.717) is 11.8 Å². The van der Waals surface area contributed by atoms with Crippen LogP contribution in [0, 0.1) is 0 Å². The SMILES string of the molecule is O=C(Nc1sc2c(c1-c1nc(C3CC3)no1)CCCC2)C1=CCCC1. The third kappa shape index (κ3) is 2.82. The summed E-state index contributed by atoms with van der Waals surface area (Å²) in [5, 5.41) is 8.21. The second-order valence-electron chi connectivity index (χ2n) is 7.22. The molecule has 25 heavy (non-hydrogen) atoms. The maximum absolute atomic E-state index is 12.6. The van der Waals surface area contributed by atoms with Crippen molar-refractivity contribution in [1.29, 1.82) is 0 Å². The lowest BCUT2D eigenvalue weighted by atomic mass is 9.95. The number of rotatable bonds is 4. The van der Waals surface area contributed by atoms with Gasteiger partial charge in [-0.15, -0.1) is 11.3 Å². The summed E-state index contributed by atoms with van der Waals surface area (Å²) in [7, 11) is 0. The van der Waals surface area contributed by atoms with Crippen LogP contribution >= 0.6 is 11.3 Å². The molecule has 0 atom stereocenters. The minimum Gasteiger partial charge on any atom is -0.334 e. The highest BCUT2D eigenvalue weighted by Gasteiger charge is 2.32. The van der Waals surface area contributed by atoms with Crippen molar-refractivity contribution in [2.75, 3.05) is 5.32 Å². The van der Waals surface area contributed by atoms with Gasteiger partial charge in [-0.25, -0.2) is 0 Å². The average molecular weight is 355 g/mol. The number of nitrogens with zero attached hydrogens (tertiary/aromatic N) is 2. The summed E-state index contributed by atoms with van der Waals surface area (Å²) in [5.74, 6) is 1.89. The molecule has 2 aromatic rings. The molecule has 3 aliphatic carbocycles. The van der Waals surface area contributed by atoms with E-state index in [4.69, 9.17) is 4.52 Å². The summed E-state index contributed by atoms with van der Waals surface area (Å²) in [6.45, 7) is 0. The number of amides is 1. The number of thiophene rings is 1. The molecule has 0 aromatic carbocycles. The molecule has 1 saturated carbocycles. The summed E-state index contributed by atoms with van der Waals surface area (Å²) in [5.41, 5.74) is 3.19. The minimum atomic E-state index is 0.0271. The van der Waals surface area contributed by atoms with Crippen LogP contribution in [0.4, 0.5) is 5.00 Å². The van der Waals surface area contributed by atoms with Crippen LogP contribution in [0.25, 0.3) is 11.5 Å². The fraction of sp³-hybridized carbons (Fsp3) is 0.526. The van der Waals surface area contributed by atoms with E-state index in [1.807, 2.05) is 0 Å². The minimum absolute atomic E-state index is 0.0271. The summed E-state index contributed by atoms with van der Waals surface area (Å²) in [6, 6.07) is 0. The zero-order chi connectivity index (χ0) is 16.8. The molecule has 1 N–H and O–H groups in total. The maximum Gasteiger partial charge on any atom is 0.261 e. The Morgan fingerprint density at radius 1 is 1.20 bits per heavy atom. The molecule has 0 unspecified atom stereocenters. The molecule has 0 radical (unpaired) electrons. The summed E-state index contributed by atoms with van der Waals surface area (Å²) in [6.07, 6.45) is 11.8. The van der Waals surface area contributed by atoms with Crippen molar-refractivity contribution in [1.82, 2.24) is 10.1 Å². The van der Waals surface area contributed by atoms with Gasteiger partial charge in [0.2, 0.25) is 0 Å². The summed E-state index contributed by atoms with van der Waals surface area (Å²) in [4.78, 5) is 18.6. The van der Waals surface area contributed by atoms with E-state index in [1.165, 1.54) is 23.3 Å². The number of carbonyl (C=O) groups is 1. The van der Waals surface area contributed by atoms with Gasteiger partial charge in [0, 0.05) is 16.4 Å². The van der Waals surface area contributed by atoms with Crippen LogP contribution in [0.1, 0.15) is 67.1 Å². The molecule has 5 nitrogen and oxygen atoms in total. The van der Waals surface area contributed by atoms with E-state index in [9.17, 15) is 4.79 Å². The highest BCUT2D eigenvalue weighted by atomic mass is 32.1. The monoisotopic (exact) mass is 355 g/mol. The number of nitrogens with one attached hydrogen (secondary N) is 1. The normalized spacial score (nSPS) is 19.6. The molecule has 0 saturated heterocycles. The van der Waals surface area contributed by atoms with Crippen LogP contribution in [-0.4, -0.2) is 16.0 Å². The van der Waals surface area contributed by atoms with Crippen molar-refractivity contribution >= 4 is 22.2 Å². The lowest BCUT2D eigenvalue weighted by molar-refractivity contribution is -0.112. The Balaban J connectivity index is 1.52. The molecule has 6 heteroatoms. The Hall–Kier alpha value is -1.95. The van der Waals surface area contributed by atoms with Crippen molar-refractivity contribution in [3.63, 3.8) is 0 Å². The molecule has 0 bridgehead atoms. The third-order valence-corrected chi connectivity index (χ3v) is 6.54. The number of aromatic nitrogens is 2. The van der Waals surface area contributed by atoms with Crippen LogP contribution in [0.5, 0.6) is 0 Å². The van der Waals surface area contributed by atoms with Gasteiger partial charge in [-0.2, -0.15) is 4.98 Å². The second-order valence-corrected chi connectivity index (χ2v) is 8.33. The highest BCUT2D eigenvalue weighted by molar-refractivity contribution is 7.17. The van der Waals surface area contributed by atoms with Gasteiger partial charge in [-0.05, 0) is 63.4 Å². The van der Waals surface area contributed by atoms with E-state index in [2.05, 4.69) is 21.5 Å². The van der Waals surface area contributed by atoms with Gasteiger partial charge in [0.25, 0.3) is 11.8 Å². The zero-order valence-corrected chi connectivity index (χ0v) is 15.0. The number of hydrogen-bond acceptors (Lipinski definition) is 5. The van der Waals surface area contributed by atoms with Crippen LogP contribution in [0.3, 0.4) is 0 Å². The molecular weight excluding hydrogens is 334 g/mol. The predicted octanol–water partition coefficient (Wildman–Crippen LogP) is 4.60. The fourth-order valence-electron chi connectivity index (χ4n) is 3.78. The first-order valence-corrected chi connectivity index (χ1v) is 10.1. The molecule has 1 amide bonds. The van der Waals surface area contributed by atoms with Crippen LogP contribution in [0.15, 0.2) is 16.2 Å². The van der Waals surface area contributed by atoms with Gasteiger partial charge in [0.05, 0.1) is 5.56 Å². The average Bonchev–Trinajstić information content (AvgIpc) is 3.05. The van der Waals surface area contributed by atoms with Crippen molar-refractivity contribution in [2.45, 2.75) is 63.7 Å². The smallest absolute Gasteiger partial charge is 0.261 e.